The van der Waals surface area contributed by atoms with E-state index in [9.17, 15) is 0 Å². The quantitative estimate of drug-likeness (QED) is 0.522. The molecule has 1 rings (SSSR count). The molecule has 0 aliphatic heterocycles. The van der Waals surface area contributed by atoms with E-state index < -0.39 is 0 Å². The Hall–Kier alpha value is 0.180. The van der Waals surface area contributed by atoms with Crippen molar-refractivity contribution in [2.45, 2.75) is 0 Å². The Bertz CT molecular complexity index is 85.5. The van der Waals surface area contributed by atoms with Crippen LogP contribution >= 0.6 is 9.19 Å². The van der Waals surface area contributed by atoms with Gasteiger partial charge in [-0.25, -0.2) is 0 Å². The van der Waals surface area contributed by atoms with Crippen molar-refractivity contribution < 1.29 is 20.0 Å². The van der Waals surface area contributed by atoms with Gasteiger partial charge in [-0.05, 0) is 12.1 Å². The first-order chi connectivity index (χ1) is 4.00. The van der Waals surface area contributed by atoms with Crippen LogP contribution in [-0.4, -0.2) is 4.98 Å². The van der Waals surface area contributed by atoms with Crippen molar-refractivity contribution in [1.29, 1.82) is 0 Å². The third-order valence-corrected chi connectivity index (χ3v) is 0.566. The minimum Gasteiger partial charge on any atom is -0.265 e. The van der Waals surface area contributed by atoms with Crippen LogP contribution in [0.3, 0.4) is 0 Å². The Morgan fingerprint density at radius 3 is 1.40 bits per heavy atom. The molecule has 0 fully saturated rings. The first-order valence-corrected chi connectivity index (χ1v) is 4.65. The minimum absolute atomic E-state index is 0. The van der Waals surface area contributed by atoms with Crippen LogP contribution in [0.25, 0.3) is 0 Å². The summed E-state index contributed by atoms with van der Waals surface area (Å²) in [6, 6.07) is 5.72. The van der Waals surface area contributed by atoms with Gasteiger partial charge in [0.1, 0.15) is 0 Å². The fourth-order valence-electron chi connectivity index (χ4n) is 0.313. The molecule has 0 saturated carbocycles. The molecule has 0 N–H and O–H groups in total. The van der Waals surface area contributed by atoms with Crippen molar-refractivity contribution in [3.63, 3.8) is 0 Å². The molecule has 3 heteroatoms. The molecule has 0 aliphatic carbocycles. The summed E-state index contributed by atoms with van der Waals surface area (Å²) in [5, 5.41) is 0. The van der Waals surface area contributed by atoms with Gasteiger partial charge >= 0.3 is 29.2 Å². The van der Waals surface area contributed by atoms with Gasteiger partial charge in [-0.2, -0.15) is 0 Å². The van der Waals surface area contributed by atoms with Gasteiger partial charge in [0, 0.05) is 12.4 Å². The van der Waals surface area contributed by atoms with Crippen molar-refractivity contribution in [3.05, 3.63) is 45.4 Å². The fraction of sp³-hybridized carbons (Fsp3) is 0. The number of hydrogen-bond acceptors (Lipinski definition) is 1. The van der Waals surface area contributed by atoms with Crippen LogP contribution in [0, 0.1) is 14.9 Å². The van der Waals surface area contributed by atoms with Gasteiger partial charge in [-0.3, -0.25) is 4.98 Å². The maximum atomic E-state index is 4.58. The number of pyridine rings is 1. The van der Waals surface area contributed by atoms with Gasteiger partial charge in [0.2, 0.25) is 0 Å². The largest absolute Gasteiger partial charge is 0.265 e. The second-order valence-electron chi connectivity index (χ2n) is 1.02. The van der Waals surface area contributed by atoms with E-state index in [1.807, 2.05) is 18.2 Å². The van der Waals surface area contributed by atoms with Crippen molar-refractivity contribution in [1.82, 2.24) is 4.98 Å². The van der Waals surface area contributed by atoms with Crippen molar-refractivity contribution >= 4 is 9.19 Å². The number of rotatable bonds is 0. The second-order valence-corrected chi connectivity index (χ2v) is 1.02. The average Bonchev–Trinajstić information content (AvgIpc) is 1.96. The SMILES string of the molecule is [CH3-].[CH3-].[Cl][Au].c1ccncc1. The van der Waals surface area contributed by atoms with Crippen LogP contribution in [0.5, 0.6) is 0 Å². The van der Waals surface area contributed by atoms with Gasteiger partial charge in [-0.1, -0.05) is 6.07 Å². The molecular formula is C7H11AuClN-2. The third-order valence-electron chi connectivity index (χ3n) is 0.566. The molecule has 0 amide bonds. The molecule has 0 aromatic carbocycles. The van der Waals surface area contributed by atoms with Gasteiger partial charge < -0.3 is 14.9 Å². The summed E-state index contributed by atoms with van der Waals surface area (Å²) in [4.78, 5) is 3.78. The summed E-state index contributed by atoms with van der Waals surface area (Å²) in [5.74, 6) is 0. The topological polar surface area (TPSA) is 12.9 Å². The zero-order chi connectivity index (χ0) is 6.24. The Morgan fingerprint density at radius 1 is 0.900 bits per heavy atom. The molecule has 0 radical (unpaired) electrons. The molecule has 0 aliphatic rings. The van der Waals surface area contributed by atoms with Crippen LogP contribution in [0.15, 0.2) is 30.6 Å². The van der Waals surface area contributed by atoms with Crippen LogP contribution in [0.1, 0.15) is 0 Å². The summed E-state index contributed by atoms with van der Waals surface area (Å²) in [5.41, 5.74) is 0. The van der Waals surface area contributed by atoms with Crippen LogP contribution in [0.2, 0.25) is 0 Å². The fourth-order valence-corrected chi connectivity index (χ4v) is 0.313. The molecule has 1 aromatic heterocycles. The average molecular weight is 342 g/mol. The van der Waals surface area contributed by atoms with E-state index >= 15 is 0 Å². The van der Waals surface area contributed by atoms with E-state index in [0.29, 0.717) is 0 Å². The zero-order valence-electron chi connectivity index (χ0n) is 6.01. The van der Waals surface area contributed by atoms with E-state index in [0.717, 1.165) is 0 Å². The maximum absolute atomic E-state index is 4.58. The van der Waals surface area contributed by atoms with Crippen LogP contribution < -0.4 is 0 Å². The van der Waals surface area contributed by atoms with Gasteiger partial charge in [0.15, 0.2) is 0 Å². The Labute approximate surface area is 79.6 Å². The Kier molecular flexibility index (Phi) is 26.8. The van der Waals surface area contributed by atoms with Crippen LogP contribution in [0.4, 0.5) is 0 Å². The molecule has 10 heavy (non-hydrogen) atoms. The van der Waals surface area contributed by atoms with E-state index in [4.69, 9.17) is 0 Å². The summed E-state index contributed by atoms with van der Waals surface area (Å²) in [6.45, 7) is 0. The van der Waals surface area contributed by atoms with Gasteiger partial charge in [0.05, 0.1) is 0 Å². The molecule has 1 heterocycles. The van der Waals surface area contributed by atoms with Gasteiger partial charge in [0.25, 0.3) is 0 Å². The number of hydrogen-bond donors (Lipinski definition) is 0. The predicted octanol–water partition coefficient (Wildman–Crippen LogP) is 2.67. The van der Waals surface area contributed by atoms with Crippen LogP contribution in [-0.2, 0) is 20.0 Å². The maximum Gasteiger partial charge on any atom is 0.0267 e. The first kappa shape index (κ1) is 16.6. The Balaban J connectivity index is -0.000000114. The number of nitrogens with zero attached hydrogens (tertiary/aromatic N) is 1. The minimum atomic E-state index is 0. The Morgan fingerprint density at radius 2 is 1.30 bits per heavy atom. The predicted molar refractivity (Wildman–Crippen MR) is 42.9 cm³/mol. The molecule has 64 valence electrons. The smallest absolute Gasteiger partial charge is 0.0267 e. The molecule has 0 spiro atoms. The third kappa shape index (κ3) is 11.0. The number of aromatic nitrogens is 1. The molecular weight excluding hydrogens is 331 g/mol. The molecule has 0 bridgehead atoms. The summed E-state index contributed by atoms with van der Waals surface area (Å²) in [6.07, 6.45) is 3.50. The standard InChI is InChI=1S/C5H5N.2CH3.Au.ClH/c1-2-4-6-5-3-1;;;;/h1-5H;2*1H3;;1H/q;2*-1;+1;/p-1. The molecule has 1 aromatic rings. The van der Waals surface area contributed by atoms with Gasteiger partial charge in [-0.15, -0.1) is 0 Å². The summed E-state index contributed by atoms with van der Waals surface area (Å²) < 4.78 is 0. The molecule has 1 nitrogen and oxygen atoms in total. The number of halogens is 1. The zero-order valence-corrected chi connectivity index (χ0v) is 8.94. The van der Waals surface area contributed by atoms with Crippen molar-refractivity contribution in [2.24, 2.45) is 0 Å². The summed E-state index contributed by atoms with van der Waals surface area (Å²) in [7, 11) is 4.58. The van der Waals surface area contributed by atoms with E-state index in [1.165, 1.54) is 0 Å². The second kappa shape index (κ2) is 16.1. The first-order valence-electron chi connectivity index (χ1n) is 1.96. The van der Waals surface area contributed by atoms with E-state index in [1.54, 1.807) is 32.4 Å². The van der Waals surface area contributed by atoms with E-state index in [2.05, 4.69) is 14.2 Å². The monoisotopic (exact) mass is 341 g/mol. The summed E-state index contributed by atoms with van der Waals surface area (Å²) >= 11 is 1.75. The van der Waals surface area contributed by atoms with Crippen molar-refractivity contribution in [2.75, 3.05) is 0 Å². The molecule has 0 atom stereocenters. The van der Waals surface area contributed by atoms with E-state index in [-0.39, 0.29) is 14.9 Å². The van der Waals surface area contributed by atoms with Crippen molar-refractivity contribution in [3.8, 4) is 0 Å². The molecule has 0 unspecified atom stereocenters. The molecule has 0 saturated heterocycles. The normalized spacial score (nSPS) is 5.50.